The fourth-order valence-corrected chi connectivity index (χ4v) is 2.84. The number of para-hydroxylation sites is 1. The number of nitrogens with zero attached hydrogens (tertiary/aromatic N) is 1. The fraction of sp³-hybridized carbons (Fsp3) is 0.562. The van der Waals surface area contributed by atoms with Crippen LogP contribution in [-0.2, 0) is 11.3 Å². The molecule has 110 valence electrons. The van der Waals surface area contributed by atoms with Gasteiger partial charge in [-0.05, 0) is 31.5 Å². The number of benzene rings is 1. The average Bonchev–Trinajstić information content (AvgIpc) is 2.99. The van der Waals surface area contributed by atoms with Crippen LogP contribution in [0.1, 0.15) is 37.7 Å². The summed E-state index contributed by atoms with van der Waals surface area (Å²) in [5.41, 5.74) is 7.49. The number of carbonyl (C=O) groups is 1. The first-order chi connectivity index (χ1) is 9.70. The first-order valence-electron chi connectivity index (χ1n) is 7.48. The summed E-state index contributed by atoms with van der Waals surface area (Å²) >= 11 is 0. The Morgan fingerprint density at radius 1 is 1.35 bits per heavy atom. The second-order valence-electron chi connectivity index (χ2n) is 5.58. The molecule has 1 aliphatic carbocycles. The van der Waals surface area contributed by atoms with Crippen LogP contribution in [0, 0.1) is 0 Å². The van der Waals surface area contributed by atoms with Gasteiger partial charge in [0.15, 0.2) is 0 Å². The first kappa shape index (κ1) is 15.0. The third-order valence-corrected chi connectivity index (χ3v) is 4.15. The van der Waals surface area contributed by atoms with Crippen molar-refractivity contribution in [1.29, 1.82) is 0 Å². The Hall–Kier alpha value is -1.39. The van der Waals surface area contributed by atoms with Gasteiger partial charge in [0.2, 0.25) is 5.91 Å². The number of rotatable bonds is 6. The van der Waals surface area contributed by atoms with Crippen LogP contribution in [0.5, 0.6) is 0 Å². The summed E-state index contributed by atoms with van der Waals surface area (Å²) in [6.45, 7) is 1.26. The van der Waals surface area contributed by atoms with Crippen molar-refractivity contribution in [2.75, 3.05) is 18.9 Å². The molecule has 1 aliphatic rings. The van der Waals surface area contributed by atoms with E-state index in [0.717, 1.165) is 17.8 Å². The van der Waals surface area contributed by atoms with Crippen LogP contribution < -0.4 is 11.1 Å². The van der Waals surface area contributed by atoms with Crippen molar-refractivity contribution in [3.63, 3.8) is 0 Å². The smallest absolute Gasteiger partial charge is 0.225 e. The Morgan fingerprint density at radius 3 is 2.75 bits per heavy atom. The van der Waals surface area contributed by atoms with E-state index in [9.17, 15) is 4.79 Å². The molecule has 1 aromatic rings. The van der Waals surface area contributed by atoms with Crippen molar-refractivity contribution in [3.05, 3.63) is 29.8 Å². The number of nitrogens with two attached hydrogens (primary N) is 1. The lowest BCUT2D eigenvalue weighted by atomic mass is 10.1. The van der Waals surface area contributed by atoms with E-state index in [4.69, 9.17) is 5.73 Å². The second kappa shape index (κ2) is 7.41. The molecule has 1 fully saturated rings. The fourth-order valence-electron chi connectivity index (χ4n) is 2.84. The zero-order valence-electron chi connectivity index (χ0n) is 12.3. The molecule has 0 atom stereocenters. The molecule has 0 spiro atoms. The Morgan fingerprint density at radius 2 is 2.05 bits per heavy atom. The van der Waals surface area contributed by atoms with Gasteiger partial charge >= 0.3 is 0 Å². The molecule has 4 heteroatoms. The molecule has 0 bridgehead atoms. The van der Waals surface area contributed by atoms with E-state index in [2.05, 4.69) is 17.3 Å². The third-order valence-electron chi connectivity index (χ3n) is 4.15. The molecule has 0 saturated heterocycles. The maximum Gasteiger partial charge on any atom is 0.225 e. The minimum Gasteiger partial charge on any atom is -0.326 e. The molecule has 1 saturated carbocycles. The summed E-state index contributed by atoms with van der Waals surface area (Å²) in [6, 6.07) is 8.37. The molecule has 0 heterocycles. The quantitative estimate of drug-likeness (QED) is 0.838. The number of nitrogens with one attached hydrogen (secondary N) is 1. The van der Waals surface area contributed by atoms with E-state index in [0.29, 0.717) is 19.0 Å². The lowest BCUT2D eigenvalue weighted by Gasteiger charge is -2.23. The minimum atomic E-state index is 0.0655. The van der Waals surface area contributed by atoms with Gasteiger partial charge < -0.3 is 16.0 Å². The highest BCUT2D eigenvalue weighted by Crippen LogP contribution is 2.22. The lowest BCUT2D eigenvalue weighted by Crippen LogP contribution is -2.32. The zero-order chi connectivity index (χ0) is 14.4. The van der Waals surface area contributed by atoms with E-state index in [1.54, 1.807) is 0 Å². The van der Waals surface area contributed by atoms with E-state index < -0.39 is 0 Å². The van der Waals surface area contributed by atoms with Gasteiger partial charge in [-0.3, -0.25) is 4.79 Å². The summed E-state index contributed by atoms with van der Waals surface area (Å²) in [5, 5.41) is 2.96. The van der Waals surface area contributed by atoms with Gasteiger partial charge in [-0.25, -0.2) is 0 Å². The highest BCUT2D eigenvalue weighted by Gasteiger charge is 2.19. The Balaban J connectivity index is 1.80. The molecule has 2 rings (SSSR count). The van der Waals surface area contributed by atoms with Crippen LogP contribution >= 0.6 is 0 Å². The highest BCUT2D eigenvalue weighted by atomic mass is 16.1. The van der Waals surface area contributed by atoms with E-state index in [1.807, 2.05) is 24.3 Å². The van der Waals surface area contributed by atoms with Crippen molar-refractivity contribution in [1.82, 2.24) is 4.90 Å². The summed E-state index contributed by atoms with van der Waals surface area (Å²) < 4.78 is 0. The maximum atomic E-state index is 12.0. The molecule has 0 aromatic heterocycles. The Kier molecular flexibility index (Phi) is 5.56. The summed E-state index contributed by atoms with van der Waals surface area (Å²) in [5.74, 6) is 0.0655. The molecule has 1 aromatic carbocycles. The first-order valence-corrected chi connectivity index (χ1v) is 7.48. The van der Waals surface area contributed by atoms with Gasteiger partial charge in [0, 0.05) is 31.2 Å². The van der Waals surface area contributed by atoms with E-state index in [1.165, 1.54) is 25.7 Å². The lowest BCUT2D eigenvalue weighted by molar-refractivity contribution is -0.116. The van der Waals surface area contributed by atoms with Crippen LogP contribution in [0.3, 0.4) is 0 Å². The maximum absolute atomic E-state index is 12.0. The standard InChI is InChI=1S/C16H25N3O/c1-19(14-7-3-4-8-14)11-10-16(20)18-15-9-5-2-6-13(15)12-17/h2,5-6,9,14H,3-4,7-8,10-12,17H2,1H3,(H,18,20). The normalized spacial score (nSPS) is 15.8. The van der Waals surface area contributed by atoms with Crippen LogP contribution in [0.25, 0.3) is 0 Å². The predicted octanol–water partition coefficient (Wildman–Crippen LogP) is 2.35. The molecule has 0 aliphatic heterocycles. The number of anilines is 1. The van der Waals surface area contributed by atoms with Crippen molar-refractivity contribution >= 4 is 11.6 Å². The SMILES string of the molecule is CN(CCC(=O)Nc1ccccc1CN)C1CCCC1. The van der Waals surface area contributed by atoms with Crippen molar-refractivity contribution < 1.29 is 4.79 Å². The molecule has 4 nitrogen and oxygen atoms in total. The molecular weight excluding hydrogens is 250 g/mol. The molecule has 1 amide bonds. The number of hydrogen-bond donors (Lipinski definition) is 2. The molecule has 0 unspecified atom stereocenters. The Labute approximate surface area is 121 Å². The van der Waals surface area contributed by atoms with Crippen LogP contribution in [0.2, 0.25) is 0 Å². The molecule has 3 N–H and O–H groups in total. The van der Waals surface area contributed by atoms with Gasteiger partial charge in [-0.15, -0.1) is 0 Å². The van der Waals surface area contributed by atoms with Crippen LogP contribution in [0.4, 0.5) is 5.69 Å². The van der Waals surface area contributed by atoms with Gasteiger partial charge in [0.25, 0.3) is 0 Å². The number of carbonyl (C=O) groups excluding carboxylic acids is 1. The summed E-state index contributed by atoms with van der Waals surface area (Å²) in [6.07, 6.45) is 5.73. The topological polar surface area (TPSA) is 58.4 Å². The predicted molar refractivity (Wildman–Crippen MR) is 82.5 cm³/mol. The minimum absolute atomic E-state index is 0.0655. The Bertz CT molecular complexity index is 441. The summed E-state index contributed by atoms with van der Waals surface area (Å²) in [7, 11) is 2.12. The van der Waals surface area contributed by atoms with E-state index in [-0.39, 0.29) is 5.91 Å². The monoisotopic (exact) mass is 275 g/mol. The zero-order valence-corrected chi connectivity index (χ0v) is 12.3. The molecule has 0 radical (unpaired) electrons. The molecule has 20 heavy (non-hydrogen) atoms. The summed E-state index contributed by atoms with van der Waals surface area (Å²) in [4.78, 5) is 14.3. The highest BCUT2D eigenvalue weighted by molar-refractivity contribution is 5.91. The van der Waals surface area contributed by atoms with Crippen molar-refractivity contribution in [2.45, 2.75) is 44.7 Å². The van der Waals surface area contributed by atoms with Crippen molar-refractivity contribution in [2.24, 2.45) is 5.73 Å². The third kappa shape index (κ3) is 4.05. The number of hydrogen-bond acceptors (Lipinski definition) is 3. The van der Waals surface area contributed by atoms with Gasteiger partial charge in [0.1, 0.15) is 0 Å². The van der Waals surface area contributed by atoms with Crippen LogP contribution in [0.15, 0.2) is 24.3 Å². The largest absolute Gasteiger partial charge is 0.326 e. The number of amides is 1. The second-order valence-corrected chi connectivity index (χ2v) is 5.58. The van der Waals surface area contributed by atoms with Gasteiger partial charge in [-0.1, -0.05) is 31.0 Å². The van der Waals surface area contributed by atoms with Crippen molar-refractivity contribution in [3.8, 4) is 0 Å². The van der Waals surface area contributed by atoms with Crippen LogP contribution in [-0.4, -0.2) is 30.4 Å². The average molecular weight is 275 g/mol. The van der Waals surface area contributed by atoms with Gasteiger partial charge in [-0.2, -0.15) is 0 Å². The molecular formula is C16H25N3O. The van der Waals surface area contributed by atoms with E-state index >= 15 is 0 Å². The van der Waals surface area contributed by atoms with Gasteiger partial charge in [0.05, 0.1) is 0 Å².